The lowest BCUT2D eigenvalue weighted by molar-refractivity contribution is 0.506. The van der Waals surface area contributed by atoms with Crippen LogP contribution in [0.15, 0.2) is 47.4 Å². The van der Waals surface area contributed by atoms with Gasteiger partial charge in [0, 0.05) is 10.6 Å². The van der Waals surface area contributed by atoms with E-state index in [0.29, 0.717) is 10.6 Å². The van der Waals surface area contributed by atoms with E-state index in [-0.39, 0.29) is 5.02 Å². The Labute approximate surface area is 108 Å². The molecule has 0 atom stereocenters. The van der Waals surface area contributed by atoms with Crippen LogP contribution < -0.4 is 0 Å². The van der Waals surface area contributed by atoms with Gasteiger partial charge in [-0.25, -0.2) is 8.78 Å². The van der Waals surface area contributed by atoms with Crippen LogP contribution in [0.3, 0.4) is 0 Å². The highest BCUT2D eigenvalue weighted by atomic mass is 35.5. The SMILES string of the molecule is Fc1cc(SCc2ccccc2)cc(Cl)c1F. The lowest BCUT2D eigenvalue weighted by atomic mass is 10.2. The molecular weight excluding hydrogens is 262 g/mol. The van der Waals surface area contributed by atoms with E-state index < -0.39 is 11.6 Å². The molecule has 0 saturated carbocycles. The van der Waals surface area contributed by atoms with Crippen LogP contribution in [0.4, 0.5) is 8.78 Å². The van der Waals surface area contributed by atoms with Crippen molar-refractivity contribution in [1.82, 2.24) is 0 Å². The predicted octanol–water partition coefficient (Wildman–Crippen LogP) is 4.91. The highest BCUT2D eigenvalue weighted by Crippen LogP contribution is 2.28. The Bertz CT molecular complexity index is 491. The number of hydrogen-bond donors (Lipinski definition) is 0. The molecule has 0 aliphatic heterocycles. The zero-order valence-corrected chi connectivity index (χ0v) is 10.4. The van der Waals surface area contributed by atoms with E-state index in [0.717, 1.165) is 11.6 Å². The van der Waals surface area contributed by atoms with Crippen molar-refractivity contribution in [2.24, 2.45) is 0 Å². The minimum atomic E-state index is -0.990. The van der Waals surface area contributed by atoms with E-state index in [1.165, 1.54) is 17.8 Å². The summed E-state index contributed by atoms with van der Waals surface area (Å²) in [5, 5.41) is -0.180. The van der Waals surface area contributed by atoms with Gasteiger partial charge in [0.15, 0.2) is 11.6 Å². The van der Waals surface area contributed by atoms with E-state index in [1.807, 2.05) is 30.3 Å². The van der Waals surface area contributed by atoms with Crippen LogP contribution in [0.1, 0.15) is 5.56 Å². The first-order valence-electron chi connectivity index (χ1n) is 4.98. The Kier molecular flexibility index (Phi) is 4.02. The minimum absolute atomic E-state index is 0.180. The molecule has 0 fully saturated rings. The van der Waals surface area contributed by atoms with Gasteiger partial charge in [0.1, 0.15) is 0 Å². The molecule has 0 aliphatic carbocycles. The van der Waals surface area contributed by atoms with Crippen LogP contribution in [0.2, 0.25) is 5.02 Å². The fourth-order valence-electron chi connectivity index (χ4n) is 1.36. The number of hydrogen-bond acceptors (Lipinski definition) is 1. The maximum absolute atomic E-state index is 13.1. The maximum Gasteiger partial charge on any atom is 0.177 e. The first-order chi connectivity index (χ1) is 8.16. The van der Waals surface area contributed by atoms with Crippen molar-refractivity contribution < 1.29 is 8.78 Å². The maximum atomic E-state index is 13.1. The molecule has 0 unspecified atom stereocenters. The molecule has 0 aliphatic rings. The minimum Gasteiger partial charge on any atom is -0.204 e. The molecule has 4 heteroatoms. The Morgan fingerprint density at radius 2 is 1.76 bits per heavy atom. The number of thioether (sulfide) groups is 1. The van der Waals surface area contributed by atoms with Crippen molar-refractivity contribution in [1.29, 1.82) is 0 Å². The molecule has 0 nitrogen and oxygen atoms in total. The van der Waals surface area contributed by atoms with Crippen LogP contribution in [-0.4, -0.2) is 0 Å². The summed E-state index contributed by atoms with van der Waals surface area (Å²) < 4.78 is 26.1. The topological polar surface area (TPSA) is 0 Å². The predicted molar refractivity (Wildman–Crippen MR) is 67.4 cm³/mol. The summed E-state index contributed by atoms with van der Waals surface area (Å²) in [7, 11) is 0. The zero-order valence-electron chi connectivity index (χ0n) is 8.79. The van der Waals surface area contributed by atoms with E-state index in [1.54, 1.807) is 0 Å². The highest BCUT2D eigenvalue weighted by Gasteiger charge is 2.09. The Balaban J connectivity index is 2.10. The van der Waals surface area contributed by atoms with Gasteiger partial charge in [-0.3, -0.25) is 0 Å². The molecule has 2 rings (SSSR count). The number of halogens is 3. The molecule has 0 radical (unpaired) electrons. The van der Waals surface area contributed by atoms with E-state index in [9.17, 15) is 8.78 Å². The van der Waals surface area contributed by atoms with Crippen molar-refractivity contribution >= 4 is 23.4 Å². The van der Waals surface area contributed by atoms with Gasteiger partial charge in [-0.05, 0) is 17.7 Å². The largest absolute Gasteiger partial charge is 0.204 e. The van der Waals surface area contributed by atoms with E-state index in [4.69, 9.17) is 11.6 Å². The van der Waals surface area contributed by atoms with Crippen LogP contribution in [-0.2, 0) is 5.75 Å². The third-order valence-electron chi connectivity index (χ3n) is 2.21. The van der Waals surface area contributed by atoms with Crippen LogP contribution in [0.5, 0.6) is 0 Å². The third kappa shape index (κ3) is 3.20. The van der Waals surface area contributed by atoms with Gasteiger partial charge in [0.25, 0.3) is 0 Å². The summed E-state index contributed by atoms with van der Waals surface area (Å²) in [6.45, 7) is 0. The van der Waals surface area contributed by atoms with Gasteiger partial charge in [-0.2, -0.15) is 0 Å². The quantitative estimate of drug-likeness (QED) is 0.564. The second-order valence-corrected chi connectivity index (χ2v) is 4.93. The second-order valence-electron chi connectivity index (χ2n) is 3.48. The molecule has 0 N–H and O–H groups in total. The third-order valence-corrected chi connectivity index (χ3v) is 3.53. The van der Waals surface area contributed by atoms with Crippen molar-refractivity contribution in [2.75, 3.05) is 0 Å². The molecule has 0 aromatic heterocycles. The normalized spacial score (nSPS) is 10.5. The average molecular weight is 271 g/mol. The Morgan fingerprint density at radius 3 is 2.41 bits per heavy atom. The van der Waals surface area contributed by atoms with Gasteiger partial charge >= 0.3 is 0 Å². The van der Waals surface area contributed by atoms with Gasteiger partial charge in [0.2, 0.25) is 0 Å². The van der Waals surface area contributed by atoms with Gasteiger partial charge in [-0.1, -0.05) is 41.9 Å². The molecule has 0 amide bonds. The fraction of sp³-hybridized carbons (Fsp3) is 0.0769. The smallest absolute Gasteiger partial charge is 0.177 e. The van der Waals surface area contributed by atoms with Crippen molar-refractivity contribution in [3.8, 4) is 0 Å². The van der Waals surface area contributed by atoms with Crippen LogP contribution in [0, 0.1) is 11.6 Å². The first kappa shape index (κ1) is 12.4. The summed E-state index contributed by atoms with van der Waals surface area (Å²) in [5.74, 6) is -1.20. The summed E-state index contributed by atoms with van der Waals surface area (Å²) >= 11 is 6.99. The van der Waals surface area contributed by atoms with Gasteiger partial charge in [-0.15, -0.1) is 11.8 Å². The summed E-state index contributed by atoms with van der Waals surface area (Å²) in [4.78, 5) is 0.623. The lowest BCUT2D eigenvalue weighted by Gasteiger charge is -2.04. The standard InChI is InChI=1S/C13H9ClF2S/c14-11-6-10(7-12(15)13(11)16)17-8-9-4-2-1-3-5-9/h1-7H,8H2. The second kappa shape index (κ2) is 5.52. The van der Waals surface area contributed by atoms with Crippen LogP contribution >= 0.6 is 23.4 Å². The molecular formula is C13H9ClF2S. The van der Waals surface area contributed by atoms with Crippen molar-refractivity contribution in [2.45, 2.75) is 10.6 Å². The summed E-state index contributed by atoms with van der Waals surface area (Å²) in [5.41, 5.74) is 1.12. The molecule has 0 saturated heterocycles. The number of benzene rings is 2. The Hall–Kier alpha value is -1.06. The van der Waals surface area contributed by atoms with E-state index >= 15 is 0 Å². The monoisotopic (exact) mass is 270 g/mol. The average Bonchev–Trinajstić information content (AvgIpc) is 2.34. The van der Waals surface area contributed by atoms with Crippen LogP contribution in [0.25, 0.3) is 0 Å². The molecule has 88 valence electrons. The van der Waals surface area contributed by atoms with Gasteiger partial charge in [0.05, 0.1) is 5.02 Å². The van der Waals surface area contributed by atoms with Crippen molar-refractivity contribution in [3.05, 3.63) is 64.7 Å². The molecule has 0 bridgehead atoms. The summed E-state index contributed by atoms with van der Waals surface area (Å²) in [6, 6.07) is 12.4. The summed E-state index contributed by atoms with van der Waals surface area (Å²) in [6.07, 6.45) is 0. The number of rotatable bonds is 3. The molecule has 0 heterocycles. The molecule has 2 aromatic rings. The Morgan fingerprint density at radius 1 is 1.06 bits per heavy atom. The molecule has 17 heavy (non-hydrogen) atoms. The zero-order chi connectivity index (χ0) is 12.3. The highest BCUT2D eigenvalue weighted by molar-refractivity contribution is 7.98. The first-order valence-corrected chi connectivity index (χ1v) is 6.34. The fourth-order valence-corrected chi connectivity index (χ4v) is 2.54. The van der Waals surface area contributed by atoms with Gasteiger partial charge < -0.3 is 0 Å². The van der Waals surface area contributed by atoms with Crippen molar-refractivity contribution in [3.63, 3.8) is 0 Å². The van der Waals surface area contributed by atoms with E-state index in [2.05, 4.69) is 0 Å². The molecule has 2 aromatic carbocycles. The lowest BCUT2D eigenvalue weighted by Crippen LogP contribution is -1.87. The molecule has 0 spiro atoms.